The molecule has 0 atom stereocenters. The lowest BCUT2D eigenvalue weighted by atomic mass is 10.1. The molecule has 0 aliphatic rings. The summed E-state index contributed by atoms with van der Waals surface area (Å²) < 4.78 is 11.2. The predicted molar refractivity (Wildman–Crippen MR) is 111 cm³/mol. The summed E-state index contributed by atoms with van der Waals surface area (Å²) in [5.41, 5.74) is 0. The third-order valence-electron chi connectivity index (χ3n) is 4.14. The van der Waals surface area contributed by atoms with E-state index >= 15 is 0 Å². The van der Waals surface area contributed by atoms with Gasteiger partial charge in [0, 0.05) is 11.4 Å². The summed E-state index contributed by atoms with van der Waals surface area (Å²) in [6, 6.07) is 17.1. The van der Waals surface area contributed by atoms with Gasteiger partial charge in [-0.25, -0.2) is 4.79 Å². The third-order valence-corrected chi connectivity index (χ3v) is 5.36. The number of hydrogen-bond acceptors (Lipinski definition) is 5. The van der Waals surface area contributed by atoms with Crippen molar-refractivity contribution in [3.05, 3.63) is 63.8 Å². The number of carbonyl (C=O) groups is 2. The van der Waals surface area contributed by atoms with Crippen molar-refractivity contribution in [3.8, 4) is 5.75 Å². The van der Waals surface area contributed by atoms with E-state index in [2.05, 4.69) is 0 Å². The SMILES string of the molecule is CCN(Cc1ccc(Cl)s1)C(=O)COC(=O)COc1ccc2ccccc2c1. The van der Waals surface area contributed by atoms with E-state index in [-0.39, 0.29) is 19.1 Å². The molecule has 0 unspecified atom stereocenters. The minimum Gasteiger partial charge on any atom is -0.482 e. The maximum absolute atomic E-state index is 12.3. The van der Waals surface area contributed by atoms with Gasteiger partial charge in [0.2, 0.25) is 0 Å². The molecule has 0 fully saturated rings. The maximum Gasteiger partial charge on any atom is 0.344 e. The van der Waals surface area contributed by atoms with Gasteiger partial charge in [-0.05, 0) is 42.0 Å². The van der Waals surface area contributed by atoms with E-state index in [1.165, 1.54) is 11.3 Å². The summed E-state index contributed by atoms with van der Waals surface area (Å²) in [5, 5.41) is 2.12. The lowest BCUT2D eigenvalue weighted by Crippen LogP contribution is -2.34. The van der Waals surface area contributed by atoms with Crippen molar-refractivity contribution < 1.29 is 19.1 Å². The fourth-order valence-corrected chi connectivity index (χ4v) is 3.78. The number of thiophene rings is 1. The molecule has 3 rings (SSSR count). The Morgan fingerprint density at radius 2 is 1.82 bits per heavy atom. The fraction of sp³-hybridized carbons (Fsp3) is 0.238. The molecule has 146 valence electrons. The molecular formula is C21H20ClNO4S. The van der Waals surface area contributed by atoms with Crippen molar-refractivity contribution in [2.75, 3.05) is 19.8 Å². The minimum absolute atomic E-state index is 0.252. The summed E-state index contributed by atoms with van der Waals surface area (Å²) in [4.78, 5) is 26.8. The van der Waals surface area contributed by atoms with Gasteiger partial charge >= 0.3 is 5.97 Å². The number of fused-ring (bicyclic) bond motifs is 1. The Morgan fingerprint density at radius 3 is 2.54 bits per heavy atom. The number of likely N-dealkylation sites (N-methyl/N-ethyl adjacent to an activating group) is 1. The molecule has 3 aromatic rings. The lowest BCUT2D eigenvalue weighted by Gasteiger charge is -2.20. The third kappa shape index (κ3) is 5.47. The number of benzene rings is 2. The van der Waals surface area contributed by atoms with Crippen LogP contribution < -0.4 is 4.74 Å². The standard InChI is InChI=1S/C21H20ClNO4S/c1-2-23(12-18-9-10-19(22)28-18)20(24)13-27-21(25)14-26-17-8-7-15-5-3-4-6-16(15)11-17/h3-11H,2,12-14H2,1H3. The molecule has 1 aromatic heterocycles. The minimum atomic E-state index is -0.586. The molecule has 5 nitrogen and oxygen atoms in total. The summed E-state index contributed by atoms with van der Waals surface area (Å²) in [5.74, 6) is -0.269. The van der Waals surface area contributed by atoms with Crippen LogP contribution in [-0.4, -0.2) is 36.5 Å². The topological polar surface area (TPSA) is 55.8 Å². The van der Waals surface area contributed by atoms with Gasteiger partial charge in [0.15, 0.2) is 13.2 Å². The Morgan fingerprint density at radius 1 is 1.04 bits per heavy atom. The van der Waals surface area contributed by atoms with Gasteiger partial charge in [-0.3, -0.25) is 4.79 Å². The lowest BCUT2D eigenvalue weighted by molar-refractivity contribution is -0.153. The molecule has 0 radical (unpaired) electrons. The Labute approximate surface area is 172 Å². The Bertz CT molecular complexity index is 972. The number of esters is 1. The smallest absolute Gasteiger partial charge is 0.344 e. The monoisotopic (exact) mass is 417 g/mol. The van der Waals surface area contributed by atoms with Crippen LogP contribution in [0.25, 0.3) is 10.8 Å². The van der Waals surface area contributed by atoms with E-state index in [4.69, 9.17) is 21.1 Å². The summed E-state index contributed by atoms with van der Waals surface area (Å²) in [6.45, 7) is 2.26. The molecule has 28 heavy (non-hydrogen) atoms. The van der Waals surface area contributed by atoms with Gasteiger partial charge < -0.3 is 14.4 Å². The second-order valence-electron chi connectivity index (χ2n) is 6.07. The van der Waals surface area contributed by atoms with E-state index in [1.54, 1.807) is 17.0 Å². The summed E-state index contributed by atoms with van der Waals surface area (Å²) in [6.07, 6.45) is 0. The highest BCUT2D eigenvalue weighted by molar-refractivity contribution is 7.16. The van der Waals surface area contributed by atoms with Crippen LogP contribution >= 0.6 is 22.9 Å². The molecule has 0 aliphatic heterocycles. The van der Waals surface area contributed by atoms with E-state index in [0.29, 0.717) is 23.2 Å². The Hall–Kier alpha value is -2.57. The van der Waals surface area contributed by atoms with Crippen LogP contribution in [0.2, 0.25) is 4.34 Å². The summed E-state index contributed by atoms with van der Waals surface area (Å²) >= 11 is 7.34. The van der Waals surface area contributed by atoms with Crippen molar-refractivity contribution in [1.82, 2.24) is 4.90 Å². The largest absolute Gasteiger partial charge is 0.482 e. The molecule has 1 amide bonds. The Kier molecular flexibility index (Phi) is 6.90. The fourth-order valence-electron chi connectivity index (χ4n) is 2.68. The van der Waals surface area contributed by atoms with Crippen LogP contribution in [0.1, 0.15) is 11.8 Å². The zero-order chi connectivity index (χ0) is 19.9. The Balaban J connectivity index is 1.46. The molecule has 0 aliphatic carbocycles. The molecular weight excluding hydrogens is 398 g/mol. The maximum atomic E-state index is 12.3. The van der Waals surface area contributed by atoms with E-state index in [0.717, 1.165) is 15.6 Å². The van der Waals surface area contributed by atoms with Crippen molar-refractivity contribution in [2.24, 2.45) is 0 Å². The number of nitrogens with zero attached hydrogens (tertiary/aromatic N) is 1. The number of rotatable bonds is 8. The van der Waals surface area contributed by atoms with E-state index < -0.39 is 5.97 Å². The number of hydrogen-bond donors (Lipinski definition) is 0. The highest BCUT2D eigenvalue weighted by Crippen LogP contribution is 2.23. The van der Waals surface area contributed by atoms with Gasteiger partial charge in [0.25, 0.3) is 5.91 Å². The average molecular weight is 418 g/mol. The normalized spacial score (nSPS) is 10.6. The first kappa shape index (κ1) is 20.2. The average Bonchev–Trinajstić information content (AvgIpc) is 3.13. The van der Waals surface area contributed by atoms with Crippen molar-refractivity contribution in [2.45, 2.75) is 13.5 Å². The molecule has 7 heteroatoms. The van der Waals surface area contributed by atoms with Gasteiger partial charge in [-0.15, -0.1) is 11.3 Å². The number of halogens is 1. The molecule has 0 N–H and O–H groups in total. The summed E-state index contributed by atoms with van der Waals surface area (Å²) in [7, 11) is 0. The van der Waals surface area contributed by atoms with Gasteiger partial charge in [0.1, 0.15) is 5.75 Å². The second-order valence-corrected chi connectivity index (χ2v) is 7.87. The van der Waals surface area contributed by atoms with Crippen LogP contribution in [-0.2, 0) is 20.9 Å². The second kappa shape index (κ2) is 9.57. The van der Waals surface area contributed by atoms with Gasteiger partial charge in [-0.1, -0.05) is 41.9 Å². The molecule has 1 heterocycles. The highest BCUT2D eigenvalue weighted by Gasteiger charge is 2.16. The van der Waals surface area contributed by atoms with Crippen molar-refractivity contribution in [3.63, 3.8) is 0 Å². The van der Waals surface area contributed by atoms with Crippen LogP contribution in [0, 0.1) is 0 Å². The quantitative estimate of drug-likeness (QED) is 0.505. The zero-order valence-corrected chi connectivity index (χ0v) is 17.0. The number of ether oxygens (including phenoxy) is 2. The first-order valence-electron chi connectivity index (χ1n) is 8.84. The number of amides is 1. The molecule has 0 saturated carbocycles. The van der Waals surface area contributed by atoms with Gasteiger partial charge in [-0.2, -0.15) is 0 Å². The molecule has 0 bridgehead atoms. The van der Waals surface area contributed by atoms with Crippen LogP contribution in [0.3, 0.4) is 0 Å². The van der Waals surface area contributed by atoms with Crippen molar-refractivity contribution >= 4 is 45.6 Å². The van der Waals surface area contributed by atoms with E-state index in [1.807, 2.05) is 49.4 Å². The van der Waals surface area contributed by atoms with Crippen LogP contribution in [0.4, 0.5) is 0 Å². The zero-order valence-electron chi connectivity index (χ0n) is 15.4. The molecule has 0 saturated heterocycles. The predicted octanol–water partition coefficient (Wildman–Crippen LogP) is 4.53. The van der Waals surface area contributed by atoms with Crippen molar-refractivity contribution in [1.29, 1.82) is 0 Å². The first-order valence-corrected chi connectivity index (χ1v) is 10.0. The first-order chi connectivity index (χ1) is 13.5. The molecule has 2 aromatic carbocycles. The molecule has 0 spiro atoms. The highest BCUT2D eigenvalue weighted by atomic mass is 35.5. The van der Waals surface area contributed by atoms with Crippen LogP contribution in [0.15, 0.2) is 54.6 Å². The van der Waals surface area contributed by atoms with E-state index in [9.17, 15) is 9.59 Å². The van der Waals surface area contributed by atoms with Gasteiger partial charge in [0.05, 0.1) is 10.9 Å². The van der Waals surface area contributed by atoms with Crippen LogP contribution in [0.5, 0.6) is 5.75 Å². The number of carbonyl (C=O) groups excluding carboxylic acids is 2.